The molecule has 2 atom stereocenters. The number of hydrogen-bond acceptors (Lipinski definition) is 5. The van der Waals surface area contributed by atoms with E-state index in [-0.39, 0.29) is 18.4 Å². The molecule has 7 nitrogen and oxygen atoms in total. The second-order valence-corrected chi connectivity index (χ2v) is 8.85. The lowest BCUT2D eigenvalue weighted by molar-refractivity contribution is -0.138. The van der Waals surface area contributed by atoms with Crippen molar-refractivity contribution in [2.24, 2.45) is 5.73 Å². The van der Waals surface area contributed by atoms with E-state index in [1.54, 1.807) is 24.3 Å². The summed E-state index contributed by atoms with van der Waals surface area (Å²) in [5, 5.41) is 15.5. The minimum absolute atomic E-state index is 0.0683. The Morgan fingerprint density at radius 3 is 2.17 bits per heavy atom. The Labute approximate surface area is 206 Å². The van der Waals surface area contributed by atoms with Crippen LogP contribution >= 0.6 is 0 Å². The SMILES string of the molecule is N[C@@H](Cc1ccc(C(=O)NCC(c2ccc(-c3ccccc3)cc2)N2CCNCC2)cc1)C(=O)O. The predicted molar refractivity (Wildman–Crippen MR) is 137 cm³/mol. The molecule has 182 valence electrons. The average molecular weight is 473 g/mol. The van der Waals surface area contributed by atoms with Gasteiger partial charge in [-0.3, -0.25) is 14.5 Å². The largest absolute Gasteiger partial charge is 0.480 e. The maximum absolute atomic E-state index is 12.9. The standard InChI is InChI=1S/C28H32N4O3/c29-25(28(34)35)18-20-6-8-24(9-7-20)27(33)31-19-26(32-16-14-30-15-17-32)23-12-10-22(11-13-23)21-4-2-1-3-5-21/h1-13,25-26,30H,14-19,29H2,(H,31,33)(H,34,35)/t25-,26?/m0/s1. The van der Waals surface area contributed by atoms with Crippen molar-refractivity contribution in [3.63, 3.8) is 0 Å². The molecule has 1 saturated heterocycles. The fourth-order valence-electron chi connectivity index (χ4n) is 4.40. The van der Waals surface area contributed by atoms with Crippen molar-refractivity contribution in [3.8, 4) is 11.1 Å². The molecule has 1 unspecified atom stereocenters. The zero-order valence-electron chi connectivity index (χ0n) is 19.7. The molecule has 1 fully saturated rings. The number of carbonyl (C=O) groups is 2. The summed E-state index contributed by atoms with van der Waals surface area (Å²) in [5.41, 5.74) is 10.4. The molecule has 35 heavy (non-hydrogen) atoms. The number of nitrogens with two attached hydrogens (primary N) is 1. The van der Waals surface area contributed by atoms with E-state index in [1.165, 1.54) is 16.7 Å². The molecule has 5 N–H and O–H groups in total. The summed E-state index contributed by atoms with van der Waals surface area (Å²) in [6, 6.07) is 24.9. The quantitative estimate of drug-likeness (QED) is 0.381. The molecule has 1 aliphatic rings. The van der Waals surface area contributed by atoms with Crippen molar-refractivity contribution in [3.05, 3.63) is 95.6 Å². The molecule has 0 aliphatic carbocycles. The molecular formula is C28H32N4O3. The first-order chi connectivity index (χ1) is 17.0. The summed E-state index contributed by atoms with van der Waals surface area (Å²) >= 11 is 0. The number of hydrogen-bond donors (Lipinski definition) is 4. The first-order valence-electron chi connectivity index (χ1n) is 12.0. The lowest BCUT2D eigenvalue weighted by Gasteiger charge is -2.35. The summed E-state index contributed by atoms with van der Waals surface area (Å²) in [4.78, 5) is 26.3. The van der Waals surface area contributed by atoms with E-state index in [0.29, 0.717) is 12.1 Å². The topological polar surface area (TPSA) is 108 Å². The van der Waals surface area contributed by atoms with Crippen LogP contribution in [-0.2, 0) is 11.2 Å². The Bertz CT molecular complexity index is 1110. The van der Waals surface area contributed by atoms with Crippen molar-refractivity contribution < 1.29 is 14.7 Å². The first-order valence-corrected chi connectivity index (χ1v) is 12.0. The molecule has 1 heterocycles. The minimum atomic E-state index is -1.04. The van der Waals surface area contributed by atoms with E-state index >= 15 is 0 Å². The lowest BCUT2D eigenvalue weighted by Crippen LogP contribution is -2.48. The van der Waals surface area contributed by atoms with Gasteiger partial charge in [0.25, 0.3) is 5.91 Å². The molecule has 0 radical (unpaired) electrons. The Kier molecular flexibility index (Phi) is 8.26. The van der Waals surface area contributed by atoms with Gasteiger partial charge in [0.2, 0.25) is 0 Å². The highest BCUT2D eigenvalue weighted by atomic mass is 16.4. The smallest absolute Gasteiger partial charge is 0.320 e. The number of benzene rings is 3. The van der Waals surface area contributed by atoms with Gasteiger partial charge >= 0.3 is 5.97 Å². The number of nitrogens with zero attached hydrogens (tertiary/aromatic N) is 1. The van der Waals surface area contributed by atoms with Gasteiger partial charge in [0.05, 0.1) is 6.04 Å². The molecule has 1 amide bonds. The van der Waals surface area contributed by atoms with Crippen LogP contribution in [0.5, 0.6) is 0 Å². The van der Waals surface area contributed by atoms with E-state index in [9.17, 15) is 9.59 Å². The molecule has 7 heteroatoms. The van der Waals surface area contributed by atoms with Crippen molar-refractivity contribution >= 4 is 11.9 Å². The van der Waals surface area contributed by atoms with Gasteiger partial charge in [-0.2, -0.15) is 0 Å². The fraction of sp³-hybridized carbons (Fsp3) is 0.286. The Morgan fingerprint density at radius 1 is 0.914 bits per heavy atom. The second-order valence-electron chi connectivity index (χ2n) is 8.85. The summed E-state index contributed by atoms with van der Waals surface area (Å²) in [5.74, 6) is -1.19. The van der Waals surface area contributed by atoms with Crippen LogP contribution in [0.15, 0.2) is 78.9 Å². The predicted octanol–water partition coefficient (Wildman–Crippen LogP) is 2.68. The van der Waals surface area contributed by atoms with Crippen LogP contribution < -0.4 is 16.4 Å². The third kappa shape index (κ3) is 6.54. The van der Waals surface area contributed by atoms with Crippen LogP contribution in [0.25, 0.3) is 11.1 Å². The van der Waals surface area contributed by atoms with Crippen LogP contribution in [-0.4, -0.2) is 60.6 Å². The summed E-state index contributed by atoms with van der Waals surface area (Å²) in [7, 11) is 0. The molecule has 0 saturated carbocycles. The maximum Gasteiger partial charge on any atom is 0.320 e. The molecule has 3 aromatic carbocycles. The summed E-state index contributed by atoms with van der Waals surface area (Å²) in [6.45, 7) is 4.17. The van der Waals surface area contributed by atoms with Gasteiger partial charge in [-0.15, -0.1) is 0 Å². The van der Waals surface area contributed by atoms with Crippen LogP contribution in [0.1, 0.15) is 27.5 Å². The number of nitrogens with one attached hydrogen (secondary N) is 2. The Balaban J connectivity index is 1.44. The van der Waals surface area contributed by atoms with Crippen LogP contribution in [0, 0.1) is 0 Å². The monoisotopic (exact) mass is 472 g/mol. The van der Waals surface area contributed by atoms with Crippen LogP contribution in [0.3, 0.4) is 0 Å². The van der Waals surface area contributed by atoms with E-state index in [2.05, 4.69) is 51.9 Å². The molecule has 4 rings (SSSR count). The van der Waals surface area contributed by atoms with Crippen molar-refractivity contribution in [2.45, 2.75) is 18.5 Å². The number of aliphatic carboxylic acids is 1. The third-order valence-corrected chi connectivity index (χ3v) is 6.44. The fourth-order valence-corrected chi connectivity index (χ4v) is 4.40. The zero-order chi connectivity index (χ0) is 24.6. The minimum Gasteiger partial charge on any atom is -0.480 e. The van der Waals surface area contributed by atoms with Gasteiger partial charge in [-0.05, 0) is 40.8 Å². The maximum atomic E-state index is 12.9. The molecule has 0 bridgehead atoms. The highest BCUT2D eigenvalue weighted by molar-refractivity contribution is 5.94. The number of carboxylic acids is 1. The highest BCUT2D eigenvalue weighted by Crippen LogP contribution is 2.25. The van der Waals surface area contributed by atoms with Crippen molar-refractivity contribution in [1.82, 2.24) is 15.5 Å². The lowest BCUT2D eigenvalue weighted by atomic mass is 9.99. The summed E-state index contributed by atoms with van der Waals surface area (Å²) in [6.07, 6.45) is 0.223. The van der Waals surface area contributed by atoms with Crippen LogP contribution in [0.2, 0.25) is 0 Å². The Morgan fingerprint density at radius 2 is 1.54 bits per heavy atom. The van der Waals surface area contributed by atoms with E-state index in [1.807, 2.05) is 18.2 Å². The summed E-state index contributed by atoms with van der Waals surface area (Å²) < 4.78 is 0. The molecule has 0 spiro atoms. The number of rotatable bonds is 9. The third-order valence-electron chi connectivity index (χ3n) is 6.44. The molecule has 1 aliphatic heterocycles. The van der Waals surface area contributed by atoms with Crippen LogP contribution in [0.4, 0.5) is 0 Å². The first kappa shape index (κ1) is 24.6. The average Bonchev–Trinajstić information content (AvgIpc) is 2.90. The highest BCUT2D eigenvalue weighted by Gasteiger charge is 2.23. The van der Waals surface area contributed by atoms with Gasteiger partial charge in [-0.1, -0.05) is 66.7 Å². The second kappa shape index (κ2) is 11.8. The normalized spacial score (nSPS) is 15.8. The zero-order valence-corrected chi connectivity index (χ0v) is 19.7. The molecule has 0 aromatic heterocycles. The van der Waals surface area contributed by atoms with Gasteiger partial charge in [0.15, 0.2) is 0 Å². The van der Waals surface area contributed by atoms with Gasteiger partial charge in [0.1, 0.15) is 6.04 Å². The molecular weight excluding hydrogens is 440 g/mol. The van der Waals surface area contributed by atoms with Gasteiger partial charge in [-0.25, -0.2) is 0 Å². The number of carbonyl (C=O) groups excluding carboxylic acids is 1. The van der Waals surface area contributed by atoms with E-state index in [0.717, 1.165) is 31.7 Å². The number of carboxylic acid groups (broad SMARTS) is 1. The van der Waals surface area contributed by atoms with E-state index in [4.69, 9.17) is 10.8 Å². The number of piperazine rings is 1. The van der Waals surface area contributed by atoms with Gasteiger partial charge < -0.3 is 21.5 Å². The van der Waals surface area contributed by atoms with Crippen molar-refractivity contribution in [2.75, 3.05) is 32.7 Å². The van der Waals surface area contributed by atoms with Gasteiger partial charge in [0, 0.05) is 38.3 Å². The van der Waals surface area contributed by atoms with E-state index < -0.39 is 12.0 Å². The number of amides is 1. The van der Waals surface area contributed by atoms with Crippen molar-refractivity contribution in [1.29, 1.82) is 0 Å². The molecule has 3 aromatic rings. The Hall–Kier alpha value is -3.52.